The summed E-state index contributed by atoms with van der Waals surface area (Å²) in [7, 11) is 0. The van der Waals surface area contributed by atoms with Gasteiger partial charge in [-0.05, 0) is 48.6 Å². The van der Waals surface area contributed by atoms with E-state index in [1.807, 2.05) is 18.2 Å². The van der Waals surface area contributed by atoms with Gasteiger partial charge in [-0.2, -0.15) is 0 Å². The second-order valence-electron chi connectivity index (χ2n) is 8.43. The van der Waals surface area contributed by atoms with Crippen LogP contribution in [0.5, 0.6) is 0 Å². The minimum absolute atomic E-state index is 0.0225. The lowest BCUT2D eigenvalue weighted by molar-refractivity contribution is -0.123. The lowest BCUT2D eigenvalue weighted by Gasteiger charge is -2.18. The van der Waals surface area contributed by atoms with E-state index < -0.39 is 0 Å². The second-order valence-corrected chi connectivity index (χ2v) is 10.5. The summed E-state index contributed by atoms with van der Waals surface area (Å²) in [5.41, 5.74) is 4.70. The Balaban J connectivity index is 1.50. The molecule has 0 unspecified atom stereocenters. The minimum atomic E-state index is -0.0225. The molecule has 3 heterocycles. The predicted molar refractivity (Wildman–Crippen MR) is 141 cm³/mol. The summed E-state index contributed by atoms with van der Waals surface area (Å²) in [5, 5.41) is 1.88. The standard InChI is InChI=1S/C26H25ClN2O2S2/c1-2-18-5-3-7-22-19(15-28(24(18)22)14-17-8-10-20(27)11-9-17)13-23-25(30)29(26(32)33-23)16-21-6-4-12-31-21/h3,5,7-11,13,15,21H,2,4,6,12,14,16H2,1H3/b23-13-/t21-/m0/s1. The fourth-order valence-electron chi connectivity index (χ4n) is 4.57. The van der Waals surface area contributed by atoms with Crippen molar-refractivity contribution in [1.29, 1.82) is 0 Å². The number of nitrogens with zero attached hydrogens (tertiary/aromatic N) is 2. The van der Waals surface area contributed by atoms with Crippen molar-refractivity contribution < 1.29 is 9.53 Å². The van der Waals surface area contributed by atoms with E-state index in [9.17, 15) is 4.79 Å². The number of hydrogen-bond acceptors (Lipinski definition) is 4. The monoisotopic (exact) mass is 496 g/mol. The molecule has 7 heteroatoms. The van der Waals surface area contributed by atoms with Gasteiger partial charge in [-0.3, -0.25) is 9.69 Å². The molecule has 2 aliphatic rings. The zero-order chi connectivity index (χ0) is 22.9. The number of thiocarbonyl (C=S) groups is 1. The van der Waals surface area contributed by atoms with Crippen LogP contribution in [0.1, 0.15) is 36.5 Å². The van der Waals surface area contributed by atoms with E-state index in [0.29, 0.717) is 15.8 Å². The van der Waals surface area contributed by atoms with Gasteiger partial charge in [-0.15, -0.1) is 0 Å². The van der Waals surface area contributed by atoms with Crippen LogP contribution in [0.15, 0.2) is 53.6 Å². The number of ether oxygens (including phenoxy) is 1. The number of amides is 1. The minimum Gasteiger partial charge on any atom is -0.376 e. The number of carbonyl (C=O) groups excluding carboxylic acids is 1. The molecule has 0 spiro atoms. The number of fused-ring (bicyclic) bond motifs is 1. The highest BCUT2D eigenvalue weighted by molar-refractivity contribution is 8.26. The molecule has 1 atom stereocenters. The summed E-state index contributed by atoms with van der Waals surface area (Å²) in [5.74, 6) is -0.0225. The van der Waals surface area contributed by atoms with Crippen LogP contribution < -0.4 is 0 Å². The molecular weight excluding hydrogens is 472 g/mol. The Bertz CT molecular complexity index is 1240. The third-order valence-corrected chi connectivity index (χ3v) is 7.86. The third-order valence-electron chi connectivity index (χ3n) is 6.23. The van der Waals surface area contributed by atoms with Gasteiger partial charge < -0.3 is 9.30 Å². The first-order valence-electron chi connectivity index (χ1n) is 11.3. The molecule has 2 aliphatic heterocycles. The predicted octanol–water partition coefficient (Wildman–Crippen LogP) is 6.29. The second kappa shape index (κ2) is 9.63. The maximum atomic E-state index is 13.2. The van der Waals surface area contributed by atoms with Crippen LogP contribution in [-0.4, -0.2) is 39.0 Å². The smallest absolute Gasteiger partial charge is 0.266 e. The summed E-state index contributed by atoms with van der Waals surface area (Å²) in [6, 6.07) is 14.3. The molecule has 3 aromatic rings. The first-order valence-corrected chi connectivity index (χ1v) is 12.9. The van der Waals surface area contributed by atoms with Crippen molar-refractivity contribution in [2.24, 2.45) is 0 Å². The number of benzene rings is 2. The normalized spacial score (nSPS) is 20.0. The first-order chi connectivity index (χ1) is 16.0. The van der Waals surface area contributed by atoms with Crippen molar-refractivity contribution in [3.63, 3.8) is 0 Å². The molecule has 0 bridgehead atoms. The van der Waals surface area contributed by atoms with Gasteiger partial charge in [0.05, 0.1) is 23.1 Å². The molecule has 5 rings (SSSR count). The quantitative estimate of drug-likeness (QED) is 0.297. The highest BCUT2D eigenvalue weighted by Crippen LogP contribution is 2.36. The molecule has 33 heavy (non-hydrogen) atoms. The Kier molecular flexibility index (Phi) is 6.61. The van der Waals surface area contributed by atoms with Crippen molar-refractivity contribution in [1.82, 2.24) is 9.47 Å². The lowest BCUT2D eigenvalue weighted by atomic mass is 10.1. The van der Waals surface area contributed by atoms with Gasteiger partial charge >= 0.3 is 0 Å². The number of para-hydroxylation sites is 1. The average Bonchev–Trinajstić information content (AvgIpc) is 3.52. The molecule has 0 radical (unpaired) electrons. The van der Waals surface area contributed by atoms with Crippen LogP contribution in [0.2, 0.25) is 5.02 Å². The van der Waals surface area contributed by atoms with E-state index in [-0.39, 0.29) is 12.0 Å². The summed E-state index contributed by atoms with van der Waals surface area (Å²) in [4.78, 5) is 15.5. The molecule has 2 saturated heterocycles. The summed E-state index contributed by atoms with van der Waals surface area (Å²) in [6.45, 7) is 4.21. The topological polar surface area (TPSA) is 34.5 Å². The van der Waals surface area contributed by atoms with Crippen LogP contribution >= 0.6 is 35.6 Å². The van der Waals surface area contributed by atoms with Crippen LogP contribution in [0.25, 0.3) is 17.0 Å². The zero-order valence-corrected chi connectivity index (χ0v) is 20.8. The molecule has 4 nitrogen and oxygen atoms in total. The van der Waals surface area contributed by atoms with Crippen molar-refractivity contribution in [3.8, 4) is 0 Å². The third kappa shape index (κ3) is 4.62. The van der Waals surface area contributed by atoms with E-state index in [1.165, 1.54) is 28.4 Å². The van der Waals surface area contributed by atoms with Crippen LogP contribution in [0.4, 0.5) is 0 Å². The number of aryl methyl sites for hydroxylation is 1. The average molecular weight is 497 g/mol. The summed E-state index contributed by atoms with van der Waals surface area (Å²) < 4.78 is 8.61. The SMILES string of the molecule is CCc1cccc2c(/C=C3\SC(=S)N(C[C@@H]4CCCO4)C3=O)cn(Cc3ccc(Cl)cc3)c12. The Morgan fingerprint density at radius 3 is 2.79 bits per heavy atom. The Hall–Kier alpha value is -2.12. The molecule has 0 N–H and O–H groups in total. The Labute approximate surface area is 208 Å². The number of carbonyl (C=O) groups is 1. The number of halogens is 1. The van der Waals surface area contributed by atoms with Crippen molar-refractivity contribution in [2.45, 2.75) is 38.8 Å². The van der Waals surface area contributed by atoms with Crippen molar-refractivity contribution >= 4 is 62.8 Å². The van der Waals surface area contributed by atoms with Crippen LogP contribution in [0.3, 0.4) is 0 Å². The van der Waals surface area contributed by atoms with Crippen LogP contribution in [0, 0.1) is 0 Å². The van der Waals surface area contributed by atoms with E-state index in [1.54, 1.807) is 4.90 Å². The van der Waals surface area contributed by atoms with Gasteiger partial charge in [-0.25, -0.2) is 0 Å². The zero-order valence-electron chi connectivity index (χ0n) is 18.4. The number of aromatic nitrogens is 1. The Morgan fingerprint density at radius 2 is 2.06 bits per heavy atom. The van der Waals surface area contributed by atoms with Gasteiger partial charge in [0, 0.05) is 35.3 Å². The number of hydrogen-bond donors (Lipinski definition) is 0. The summed E-state index contributed by atoms with van der Waals surface area (Å²) >= 11 is 13.0. The van der Waals surface area contributed by atoms with E-state index in [4.69, 9.17) is 28.6 Å². The maximum absolute atomic E-state index is 13.2. The maximum Gasteiger partial charge on any atom is 0.266 e. The lowest BCUT2D eigenvalue weighted by Crippen LogP contribution is -2.35. The molecular formula is C26H25ClN2O2S2. The molecule has 0 aliphatic carbocycles. The molecule has 2 aromatic carbocycles. The van der Waals surface area contributed by atoms with E-state index in [0.717, 1.165) is 48.4 Å². The van der Waals surface area contributed by atoms with Gasteiger partial charge in [0.1, 0.15) is 4.32 Å². The summed E-state index contributed by atoms with van der Waals surface area (Å²) in [6.07, 6.45) is 7.18. The highest BCUT2D eigenvalue weighted by atomic mass is 35.5. The molecule has 170 valence electrons. The Morgan fingerprint density at radius 1 is 1.24 bits per heavy atom. The van der Waals surface area contributed by atoms with Crippen molar-refractivity contribution in [2.75, 3.05) is 13.2 Å². The molecule has 1 aromatic heterocycles. The molecule has 0 saturated carbocycles. The highest BCUT2D eigenvalue weighted by Gasteiger charge is 2.34. The molecule has 1 amide bonds. The molecule has 2 fully saturated rings. The fourth-order valence-corrected chi connectivity index (χ4v) is 5.96. The largest absolute Gasteiger partial charge is 0.376 e. The van der Waals surface area contributed by atoms with Gasteiger partial charge in [0.2, 0.25) is 0 Å². The van der Waals surface area contributed by atoms with Gasteiger partial charge in [0.15, 0.2) is 0 Å². The van der Waals surface area contributed by atoms with Gasteiger partial charge in [0.25, 0.3) is 5.91 Å². The number of rotatable bonds is 6. The first kappa shape index (κ1) is 22.7. The van der Waals surface area contributed by atoms with E-state index in [2.05, 4.69) is 48.0 Å². The van der Waals surface area contributed by atoms with E-state index >= 15 is 0 Å². The number of thioether (sulfide) groups is 1. The fraction of sp³-hybridized carbons (Fsp3) is 0.308. The van der Waals surface area contributed by atoms with Gasteiger partial charge in [-0.1, -0.05) is 72.8 Å². The van der Waals surface area contributed by atoms with Crippen LogP contribution in [-0.2, 0) is 22.5 Å². The van der Waals surface area contributed by atoms with Crippen molar-refractivity contribution in [3.05, 3.63) is 75.3 Å².